The lowest BCUT2D eigenvalue weighted by Crippen LogP contribution is -2.49. The number of amides is 2. The first-order valence-electron chi connectivity index (χ1n) is 10.0. The van der Waals surface area contributed by atoms with E-state index in [1.54, 1.807) is 24.3 Å². The van der Waals surface area contributed by atoms with E-state index < -0.39 is 6.04 Å². The van der Waals surface area contributed by atoms with Crippen molar-refractivity contribution in [2.24, 2.45) is 5.92 Å². The predicted octanol–water partition coefficient (Wildman–Crippen LogP) is 3.92. The van der Waals surface area contributed by atoms with Gasteiger partial charge < -0.3 is 10.2 Å². The van der Waals surface area contributed by atoms with Gasteiger partial charge >= 0.3 is 0 Å². The minimum atomic E-state index is -0.464. The van der Waals surface area contributed by atoms with E-state index >= 15 is 0 Å². The zero-order chi connectivity index (χ0) is 19.5. The highest BCUT2D eigenvalue weighted by molar-refractivity contribution is 5.98. The van der Waals surface area contributed by atoms with Crippen LogP contribution in [0.2, 0.25) is 0 Å². The molecule has 5 heteroatoms. The number of carbonyl (C=O) groups is 2. The number of hydrogen-bond acceptors (Lipinski definition) is 2. The normalized spacial score (nSPS) is 23.9. The smallest absolute Gasteiger partial charge is 0.254 e. The van der Waals surface area contributed by atoms with Crippen LogP contribution in [0.5, 0.6) is 0 Å². The number of nitrogens with one attached hydrogen (secondary N) is 1. The first kappa shape index (κ1) is 18.7. The van der Waals surface area contributed by atoms with Gasteiger partial charge in [-0.15, -0.1) is 0 Å². The number of carbonyl (C=O) groups excluding carboxylic acids is 2. The van der Waals surface area contributed by atoms with Crippen LogP contribution >= 0.6 is 0 Å². The molecular formula is C23H25FN2O2. The Morgan fingerprint density at radius 1 is 1.04 bits per heavy atom. The molecule has 3 unspecified atom stereocenters. The van der Waals surface area contributed by atoms with Crippen molar-refractivity contribution in [1.82, 2.24) is 10.2 Å². The zero-order valence-corrected chi connectivity index (χ0v) is 15.8. The highest BCUT2D eigenvalue weighted by atomic mass is 19.1. The molecule has 2 aromatic carbocycles. The Kier molecular flexibility index (Phi) is 5.42. The molecule has 0 bridgehead atoms. The summed E-state index contributed by atoms with van der Waals surface area (Å²) in [5, 5.41) is 2.91. The summed E-state index contributed by atoms with van der Waals surface area (Å²) in [6.07, 6.45) is 4.98. The Hall–Kier alpha value is -2.69. The molecule has 0 spiro atoms. The molecule has 3 atom stereocenters. The second kappa shape index (κ2) is 8.13. The highest BCUT2D eigenvalue weighted by Gasteiger charge is 2.47. The molecule has 28 heavy (non-hydrogen) atoms. The van der Waals surface area contributed by atoms with Gasteiger partial charge in [-0.05, 0) is 55.0 Å². The fourth-order valence-electron chi connectivity index (χ4n) is 4.67. The van der Waals surface area contributed by atoms with E-state index in [1.165, 1.54) is 12.1 Å². The maximum absolute atomic E-state index is 13.4. The fraction of sp³-hybridized carbons (Fsp3) is 0.391. The molecule has 146 valence electrons. The number of halogens is 1. The molecule has 2 amide bonds. The van der Waals surface area contributed by atoms with Gasteiger partial charge in [-0.1, -0.05) is 43.2 Å². The molecule has 1 heterocycles. The SMILES string of the molecule is O=C(NCc1cccc(F)c1)C1CC2CCCCC2N1C(=O)c1ccccc1. The molecule has 1 saturated carbocycles. The van der Waals surface area contributed by atoms with Crippen molar-refractivity contribution in [2.75, 3.05) is 0 Å². The molecule has 0 aromatic heterocycles. The number of fused-ring (bicyclic) bond motifs is 1. The van der Waals surface area contributed by atoms with Crippen LogP contribution in [-0.4, -0.2) is 28.8 Å². The molecule has 1 aliphatic heterocycles. The monoisotopic (exact) mass is 380 g/mol. The summed E-state index contributed by atoms with van der Waals surface area (Å²) in [4.78, 5) is 28.0. The number of nitrogens with zero attached hydrogens (tertiary/aromatic N) is 1. The largest absolute Gasteiger partial charge is 0.350 e. The first-order chi connectivity index (χ1) is 13.6. The van der Waals surface area contributed by atoms with Crippen LogP contribution in [0.25, 0.3) is 0 Å². The van der Waals surface area contributed by atoms with E-state index in [0.717, 1.165) is 25.7 Å². The molecule has 1 saturated heterocycles. The lowest BCUT2D eigenvalue weighted by atomic mass is 9.84. The van der Waals surface area contributed by atoms with Gasteiger partial charge in [-0.25, -0.2) is 4.39 Å². The molecular weight excluding hydrogens is 355 g/mol. The van der Waals surface area contributed by atoms with Crippen LogP contribution in [0.3, 0.4) is 0 Å². The van der Waals surface area contributed by atoms with E-state index in [9.17, 15) is 14.0 Å². The van der Waals surface area contributed by atoms with Crippen molar-refractivity contribution in [2.45, 2.75) is 50.7 Å². The average molecular weight is 380 g/mol. The fourth-order valence-corrected chi connectivity index (χ4v) is 4.67. The predicted molar refractivity (Wildman–Crippen MR) is 105 cm³/mol. The van der Waals surface area contributed by atoms with Gasteiger partial charge in [0, 0.05) is 18.2 Å². The molecule has 2 fully saturated rings. The Morgan fingerprint density at radius 3 is 2.61 bits per heavy atom. The van der Waals surface area contributed by atoms with Gasteiger partial charge in [0.05, 0.1) is 0 Å². The van der Waals surface area contributed by atoms with E-state index in [0.29, 0.717) is 23.5 Å². The van der Waals surface area contributed by atoms with Gasteiger partial charge in [0.2, 0.25) is 5.91 Å². The van der Waals surface area contributed by atoms with Crippen LogP contribution in [0.15, 0.2) is 54.6 Å². The van der Waals surface area contributed by atoms with Crippen LogP contribution in [-0.2, 0) is 11.3 Å². The molecule has 1 N–H and O–H groups in total. The molecule has 2 aromatic rings. The molecule has 0 radical (unpaired) electrons. The second-order valence-corrected chi connectivity index (χ2v) is 7.79. The van der Waals surface area contributed by atoms with Crippen LogP contribution < -0.4 is 5.32 Å². The van der Waals surface area contributed by atoms with Gasteiger partial charge in [0.15, 0.2) is 0 Å². The van der Waals surface area contributed by atoms with E-state index in [2.05, 4.69) is 5.32 Å². The summed E-state index contributed by atoms with van der Waals surface area (Å²) >= 11 is 0. The van der Waals surface area contributed by atoms with Crippen molar-refractivity contribution >= 4 is 11.8 Å². The first-order valence-corrected chi connectivity index (χ1v) is 10.0. The van der Waals surface area contributed by atoms with Crippen molar-refractivity contribution in [1.29, 1.82) is 0 Å². The zero-order valence-electron chi connectivity index (χ0n) is 15.8. The summed E-state index contributed by atoms with van der Waals surface area (Å²) in [5.41, 5.74) is 1.33. The number of likely N-dealkylation sites (tertiary alicyclic amines) is 1. The lowest BCUT2D eigenvalue weighted by molar-refractivity contribution is -0.125. The van der Waals surface area contributed by atoms with Crippen LogP contribution in [0.4, 0.5) is 4.39 Å². The lowest BCUT2D eigenvalue weighted by Gasteiger charge is -2.33. The molecule has 1 aliphatic carbocycles. The van der Waals surface area contributed by atoms with Crippen molar-refractivity contribution < 1.29 is 14.0 Å². The van der Waals surface area contributed by atoms with E-state index in [4.69, 9.17) is 0 Å². The number of benzene rings is 2. The third-order valence-electron chi connectivity index (χ3n) is 6.00. The minimum Gasteiger partial charge on any atom is -0.350 e. The van der Waals surface area contributed by atoms with Crippen LogP contribution in [0, 0.1) is 11.7 Å². The maximum atomic E-state index is 13.4. The molecule has 4 nitrogen and oxygen atoms in total. The van der Waals surface area contributed by atoms with Gasteiger partial charge in [-0.2, -0.15) is 0 Å². The summed E-state index contributed by atoms with van der Waals surface area (Å²) < 4.78 is 13.4. The molecule has 4 rings (SSSR count). The minimum absolute atomic E-state index is 0.0686. The third kappa shape index (κ3) is 3.79. The average Bonchev–Trinajstić information content (AvgIpc) is 3.12. The Labute approximate surface area is 164 Å². The van der Waals surface area contributed by atoms with E-state index in [-0.39, 0.29) is 30.2 Å². The van der Waals surface area contributed by atoms with Gasteiger partial charge in [0.25, 0.3) is 5.91 Å². The van der Waals surface area contributed by atoms with Crippen molar-refractivity contribution in [3.05, 3.63) is 71.5 Å². The third-order valence-corrected chi connectivity index (χ3v) is 6.00. The Morgan fingerprint density at radius 2 is 1.82 bits per heavy atom. The van der Waals surface area contributed by atoms with Crippen molar-refractivity contribution in [3.63, 3.8) is 0 Å². The summed E-state index contributed by atoms with van der Waals surface area (Å²) in [6, 6.07) is 15.1. The Bertz CT molecular complexity index is 855. The van der Waals surface area contributed by atoms with E-state index in [1.807, 2.05) is 23.1 Å². The summed E-state index contributed by atoms with van der Waals surface area (Å²) in [5.74, 6) is -0.158. The summed E-state index contributed by atoms with van der Waals surface area (Å²) in [7, 11) is 0. The summed E-state index contributed by atoms with van der Waals surface area (Å²) in [6.45, 7) is 0.260. The topological polar surface area (TPSA) is 49.4 Å². The quantitative estimate of drug-likeness (QED) is 0.874. The van der Waals surface area contributed by atoms with Gasteiger partial charge in [-0.3, -0.25) is 9.59 Å². The maximum Gasteiger partial charge on any atom is 0.254 e. The van der Waals surface area contributed by atoms with Crippen molar-refractivity contribution in [3.8, 4) is 0 Å². The number of rotatable bonds is 4. The van der Waals surface area contributed by atoms with Crippen LogP contribution in [0.1, 0.15) is 48.0 Å². The molecule has 2 aliphatic rings. The highest BCUT2D eigenvalue weighted by Crippen LogP contribution is 2.40. The number of hydrogen-bond donors (Lipinski definition) is 1. The Balaban J connectivity index is 1.53. The second-order valence-electron chi connectivity index (χ2n) is 7.79. The van der Waals surface area contributed by atoms with Gasteiger partial charge in [0.1, 0.15) is 11.9 Å². The standard InChI is InChI=1S/C23H25FN2O2/c24-19-11-6-7-16(13-19)15-25-22(27)21-14-18-10-4-5-12-20(18)26(21)23(28)17-8-2-1-3-9-17/h1-3,6-9,11,13,18,20-21H,4-5,10,12,14-15H2,(H,25,27).